The molecular weight excluding hydrogens is 390 g/mol. The average molecular weight is 412 g/mol. The summed E-state index contributed by atoms with van der Waals surface area (Å²) in [5.74, 6) is 2.23. The Morgan fingerprint density at radius 2 is 2.07 bits per heavy atom. The second-order valence-corrected chi connectivity index (χ2v) is 8.41. The van der Waals surface area contributed by atoms with Gasteiger partial charge in [-0.3, -0.25) is 9.48 Å². The van der Waals surface area contributed by atoms with Crippen LogP contribution in [0.15, 0.2) is 30.7 Å². The van der Waals surface area contributed by atoms with Crippen LogP contribution in [-0.4, -0.2) is 32.3 Å². The number of nitrogens with one attached hydrogen (secondary N) is 1. The highest BCUT2D eigenvalue weighted by Crippen LogP contribution is 2.33. The molecule has 0 spiro atoms. The summed E-state index contributed by atoms with van der Waals surface area (Å²) in [4.78, 5) is 20.8. The Kier molecular flexibility index (Phi) is 4.83. The van der Waals surface area contributed by atoms with E-state index in [1.807, 2.05) is 18.3 Å². The Morgan fingerprint density at radius 3 is 2.83 bits per heavy atom. The van der Waals surface area contributed by atoms with Gasteiger partial charge in [0.25, 0.3) is 0 Å². The van der Waals surface area contributed by atoms with E-state index >= 15 is 0 Å². The van der Waals surface area contributed by atoms with Gasteiger partial charge in [-0.25, -0.2) is 9.97 Å². The van der Waals surface area contributed by atoms with Crippen LogP contribution in [0.2, 0.25) is 5.02 Å². The molecule has 1 amide bonds. The van der Waals surface area contributed by atoms with Crippen LogP contribution in [0.4, 0.5) is 5.82 Å². The number of pyridine rings is 2. The summed E-state index contributed by atoms with van der Waals surface area (Å²) >= 11 is 6.33. The molecule has 1 N–H and O–H groups in total. The number of halogens is 1. The van der Waals surface area contributed by atoms with Gasteiger partial charge in [0, 0.05) is 25.0 Å². The Morgan fingerprint density at radius 1 is 1.24 bits per heavy atom. The van der Waals surface area contributed by atoms with E-state index in [1.54, 1.807) is 17.1 Å². The molecule has 0 bridgehead atoms. The molecule has 0 atom stereocenters. The van der Waals surface area contributed by atoms with Gasteiger partial charge in [-0.1, -0.05) is 11.6 Å². The molecule has 2 saturated carbocycles. The fourth-order valence-corrected chi connectivity index (χ4v) is 3.51. The molecule has 0 unspecified atom stereocenters. The van der Waals surface area contributed by atoms with Crippen LogP contribution in [0.25, 0.3) is 10.9 Å². The SMILES string of the molecule is O=C(CC1CC1)Nc1nccc2nn(Cc3cnc(OCC4CC4)c(Cl)c3)cc12. The number of ether oxygens (including phenoxy) is 1. The predicted octanol–water partition coefficient (Wildman–Crippen LogP) is 4.06. The van der Waals surface area contributed by atoms with Gasteiger partial charge in [-0.05, 0) is 55.2 Å². The first-order chi connectivity index (χ1) is 14.1. The lowest BCUT2D eigenvalue weighted by molar-refractivity contribution is -0.116. The molecule has 2 aliphatic rings. The van der Waals surface area contributed by atoms with Crippen LogP contribution in [0.5, 0.6) is 5.88 Å². The number of carbonyl (C=O) groups is 1. The monoisotopic (exact) mass is 411 g/mol. The Bertz CT molecular complexity index is 1060. The van der Waals surface area contributed by atoms with Gasteiger partial charge in [-0.15, -0.1) is 0 Å². The summed E-state index contributed by atoms with van der Waals surface area (Å²) < 4.78 is 7.49. The molecule has 2 fully saturated rings. The van der Waals surface area contributed by atoms with Gasteiger partial charge < -0.3 is 10.1 Å². The van der Waals surface area contributed by atoms with Crippen molar-refractivity contribution in [2.75, 3.05) is 11.9 Å². The fraction of sp³-hybridized carbons (Fsp3) is 0.429. The number of nitrogens with zero attached hydrogens (tertiary/aromatic N) is 4. The van der Waals surface area contributed by atoms with Crippen molar-refractivity contribution in [2.45, 2.75) is 38.6 Å². The van der Waals surface area contributed by atoms with Gasteiger partial charge in [0.15, 0.2) is 0 Å². The molecule has 3 aromatic rings. The highest BCUT2D eigenvalue weighted by atomic mass is 35.5. The summed E-state index contributed by atoms with van der Waals surface area (Å²) in [5.41, 5.74) is 1.71. The maximum atomic E-state index is 12.2. The third-order valence-corrected chi connectivity index (χ3v) is 5.54. The van der Waals surface area contributed by atoms with E-state index in [0.717, 1.165) is 29.3 Å². The minimum atomic E-state index is 0.0121. The lowest BCUT2D eigenvalue weighted by Gasteiger charge is -2.08. The van der Waals surface area contributed by atoms with Crippen LogP contribution in [0, 0.1) is 11.8 Å². The summed E-state index contributed by atoms with van der Waals surface area (Å²) in [6.45, 7) is 1.19. The van der Waals surface area contributed by atoms with Crippen molar-refractivity contribution >= 4 is 34.2 Å². The predicted molar refractivity (Wildman–Crippen MR) is 110 cm³/mol. The van der Waals surface area contributed by atoms with Gasteiger partial charge in [0.1, 0.15) is 10.8 Å². The maximum absolute atomic E-state index is 12.2. The standard InChI is InChI=1S/C21H22ClN5O2/c22-17-7-15(9-24-21(17)29-12-14-3-4-14)10-27-11-16-18(26-27)5-6-23-20(16)25-19(28)8-13-1-2-13/h5-7,9,11,13-14H,1-4,8,10,12H2,(H,23,25,28). The molecule has 0 aromatic carbocycles. The number of hydrogen-bond donors (Lipinski definition) is 1. The first-order valence-electron chi connectivity index (χ1n) is 10.0. The Balaban J connectivity index is 1.30. The summed E-state index contributed by atoms with van der Waals surface area (Å²) in [7, 11) is 0. The zero-order valence-corrected chi connectivity index (χ0v) is 16.7. The zero-order chi connectivity index (χ0) is 19.8. The molecule has 5 rings (SSSR count). The van der Waals surface area contributed by atoms with E-state index in [4.69, 9.17) is 16.3 Å². The van der Waals surface area contributed by atoms with Crippen molar-refractivity contribution in [3.05, 3.63) is 41.3 Å². The number of fused-ring (bicyclic) bond motifs is 1. The van der Waals surface area contributed by atoms with Gasteiger partial charge in [0.2, 0.25) is 11.8 Å². The van der Waals surface area contributed by atoms with E-state index in [-0.39, 0.29) is 5.91 Å². The second kappa shape index (κ2) is 7.63. The number of amides is 1. The first kappa shape index (κ1) is 18.4. The highest BCUT2D eigenvalue weighted by Gasteiger charge is 2.25. The summed E-state index contributed by atoms with van der Waals surface area (Å²) in [5, 5.41) is 8.85. The quantitative estimate of drug-likeness (QED) is 0.604. The van der Waals surface area contributed by atoms with Crippen molar-refractivity contribution in [3.63, 3.8) is 0 Å². The molecule has 3 aromatic heterocycles. The number of hydrogen-bond acceptors (Lipinski definition) is 5. The van der Waals surface area contributed by atoms with E-state index < -0.39 is 0 Å². The van der Waals surface area contributed by atoms with Crippen molar-refractivity contribution in [1.82, 2.24) is 19.7 Å². The van der Waals surface area contributed by atoms with Gasteiger partial charge >= 0.3 is 0 Å². The smallest absolute Gasteiger partial charge is 0.232 e. The number of carbonyl (C=O) groups excluding carboxylic acids is 1. The van der Waals surface area contributed by atoms with Crippen molar-refractivity contribution in [1.29, 1.82) is 0 Å². The van der Waals surface area contributed by atoms with Crippen molar-refractivity contribution < 1.29 is 9.53 Å². The Hall–Kier alpha value is -2.67. The molecule has 150 valence electrons. The lowest BCUT2D eigenvalue weighted by atomic mass is 10.2. The largest absolute Gasteiger partial charge is 0.476 e. The molecule has 3 heterocycles. The minimum absolute atomic E-state index is 0.0121. The van der Waals surface area contributed by atoms with Gasteiger partial charge in [0.05, 0.1) is 24.1 Å². The van der Waals surface area contributed by atoms with Crippen LogP contribution in [0.1, 0.15) is 37.7 Å². The molecule has 29 heavy (non-hydrogen) atoms. The minimum Gasteiger partial charge on any atom is -0.476 e. The number of anilines is 1. The maximum Gasteiger partial charge on any atom is 0.232 e. The van der Waals surface area contributed by atoms with E-state index in [0.29, 0.717) is 48.1 Å². The zero-order valence-electron chi connectivity index (χ0n) is 16.0. The topological polar surface area (TPSA) is 81.9 Å². The van der Waals surface area contributed by atoms with Crippen LogP contribution in [-0.2, 0) is 11.3 Å². The summed E-state index contributed by atoms with van der Waals surface area (Å²) in [6.07, 6.45) is 10.6. The van der Waals surface area contributed by atoms with Crippen LogP contribution < -0.4 is 10.1 Å². The van der Waals surface area contributed by atoms with Crippen LogP contribution in [0.3, 0.4) is 0 Å². The van der Waals surface area contributed by atoms with Crippen molar-refractivity contribution in [2.24, 2.45) is 11.8 Å². The summed E-state index contributed by atoms with van der Waals surface area (Å²) in [6, 6.07) is 3.70. The van der Waals surface area contributed by atoms with Crippen LogP contribution >= 0.6 is 11.6 Å². The second-order valence-electron chi connectivity index (χ2n) is 8.00. The molecule has 7 nitrogen and oxygen atoms in total. The molecule has 0 aliphatic heterocycles. The molecule has 0 saturated heterocycles. The third-order valence-electron chi connectivity index (χ3n) is 5.27. The normalized spacial score (nSPS) is 16.2. The molecule has 2 aliphatic carbocycles. The molecule has 0 radical (unpaired) electrons. The van der Waals surface area contributed by atoms with E-state index in [9.17, 15) is 4.79 Å². The highest BCUT2D eigenvalue weighted by molar-refractivity contribution is 6.31. The van der Waals surface area contributed by atoms with E-state index in [2.05, 4.69) is 20.4 Å². The lowest BCUT2D eigenvalue weighted by Crippen LogP contribution is -2.13. The molecule has 8 heteroatoms. The molecular formula is C21H22ClN5O2. The first-order valence-corrected chi connectivity index (χ1v) is 10.4. The fourth-order valence-electron chi connectivity index (χ4n) is 3.27. The van der Waals surface area contributed by atoms with E-state index in [1.165, 1.54) is 12.8 Å². The van der Waals surface area contributed by atoms with Gasteiger partial charge in [-0.2, -0.15) is 5.10 Å². The van der Waals surface area contributed by atoms with Crippen molar-refractivity contribution in [3.8, 4) is 5.88 Å². The number of rotatable bonds is 8. The Labute approximate surface area is 173 Å². The third kappa shape index (κ3) is 4.50. The number of aromatic nitrogens is 4. The average Bonchev–Trinajstić information content (AvgIpc) is 3.61.